The Bertz CT molecular complexity index is 299. The molecule has 0 radical (unpaired) electrons. The zero-order chi connectivity index (χ0) is 14.1. The van der Waals surface area contributed by atoms with E-state index >= 15 is 0 Å². The molecule has 1 fully saturated rings. The molecule has 19 heavy (non-hydrogen) atoms. The van der Waals surface area contributed by atoms with Crippen molar-refractivity contribution in [1.82, 2.24) is 16.0 Å². The number of hydrogen-bond donors (Lipinski definition) is 3. The van der Waals surface area contributed by atoms with Crippen molar-refractivity contribution in [2.24, 2.45) is 4.99 Å². The van der Waals surface area contributed by atoms with E-state index in [-0.39, 0.29) is 18.1 Å². The second-order valence-corrected chi connectivity index (χ2v) is 4.99. The van der Waals surface area contributed by atoms with Gasteiger partial charge in [-0.05, 0) is 26.7 Å². The first kappa shape index (κ1) is 15.8. The molecule has 1 aliphatic rings. The molecule has 110 valence electrons. The Balaban J connectivity index is 2.12. The van der Waals surface area contributed by atoms with E-state index in [0.717, 1.165) is 26.0 Å². The Morgan fingerprint density at radius 3 is 2.79 bits per heavy atom. The summed E-state index contributed by atoms with van der Waals surface area (Å²) in [6.07, 6.45) is 2.95. The summed E-state index contributed by atoms with van der Waals surface area (Å²) in [4.78, 5) is 15.6. The molecular formula is C13H26N4O2. The van der Waals surface area contributed by atoms with Gasteiger partial charge in [0.1, 0.15) is 0 Å². The molecule has 1 atom stereocenters. The molecule has 0 aromatic rings. The molecule has 1 aliphatic heterocycles. The average Bonchev–Trinajstić information content (AvgIpc) is 2.85. The van der Waals surface area contributed by atoms with Crippen LogP contribution in [0.25, 0.3) is 0 Å². The first-order valence-corrected chi connectivity index (χ1v) is 6.97. The highest BCUT2D eigenvalue weighted by Crippen LogP contribution is 2.10. The third kappa shape index (κ3) is 7.00. The lowest BCUT2D eigenvalue weighted by Gasteiger charge is -2.15. The van der Waals surface area contributed by atoms with Crippen LogP contribution in [0.2, 0.25) is 0 Å². The van der Waals surface area contributed by atoms with E-state index in [1.807, 2.05) is 13.8 Å². The number of ether oxygens (including phenoxy) is 1. The smallest absolute Gasteiger partial charge is 0.221 e. The van der Waals surface area contributed by atoms with Gasteiger partial charge in [-0.3, -0.25) is 9.79 Å². The van der Waals surface area contributed by atoms with E-state index in [0.29, 0.717) is 18.9 Å². The molecule has 0 spiro atoms. The van der Waals surface area contributed by atoms with Crippen molar-refractivity contribution in [3.8, 4) is 0 Å². The third-order valence-electron chi connectivity index (χ3n) is 2.84. The number of carbonyl (C=O) groups excluding carboxylic acids is 1. The zero-order valence-electron chi connectivity index (χ0n) is 12.2. The van der Waals surface area contributed by atoms with Crippen LogP contribution in [-0.2, 0) is 9.53 Å². The van der Waals surface area contributed by atoms with Crippen LogP contribution in [0.1, 0.15) is 33.1 Å². The van der Waals surface area contributed by atoms with Crippen LogP contribution < -0.4 is 16.0 Å². The second-order valence-electron chi connectivity index (χ2n) is 4.99. The number of amides is 1. The van der Waals surface area contributed by atoms with Crippen molar-refractivity contribution >= 4 is 11.9 Å². The van der Waals surface area contributed by atoms with Crippen molar-refractivity contribution in [3.63, 3.8) is 0 Å². The summed E-state index contributed by atoms with van der Waals surface area (Å²) in [5.41, 5.74) is 0. The number of nitrogens with one attached hydrogen (secondary N) is 3. The summed E-state index contributed by atoms with van der Waals surface area (Å²) in [5.74, 6) is 0.768. The maximum Gasteiger partial charge on any atom is 0.221 e. The minimum Gasteiger partial charge on any atom is -0.376 e. The van der Waals surface area contributed by atoms with E-state index in [4.69, 9.17) is 4.74 Å². The van der Waals surface area contributed by atoms with Gasteiger partial charge < -0.3 is 20.7 Å². The monoisotopic (exact) mass is 270 g/mol. The van der Waals surface area contributed by atoms with E-state index in [1.54, 1.807) is 7.05 Å². The van der Waals surface area contributed by atoms with Gasteiger partial charge in [-0.15, -0.1) is 0 Å². The number of rotatable bonds is 6. The largest absolute Gasteiger partial charge is 0.376 e. The molecule has 0 aromatic heterocycles. The van der Waals surface area contributed by atoms with Crippen molar-refractivity contribution < 1.29 is 9.53 Å². The fourth-order valence-corrected chi connectivity index (χ4v) is 1.93. The second kappa shape index (κ2) is 8.74. The predicted octanol–water partition coefficient (Wildman–Crippen LogP) is 0.245. The predicted molar refractivity (Wildman–Crippen MR) is 76.2 cm³/mol. The van der Waals surface area contributed by atoms with Gasteiger partial charge in [-0.2, -0.15) is 0 Å². The minimum absolute atomic E-state index is 0.0529. The van der Waals surface area contributed by atoms with Crippen molar-refractivity contribution in [2.45, 2.75) is 45.3 Å². The summed E-state index contributed by atoms with van der Waals surface area (Å²) in [5, 5.41) is 9.18. The van der Waals surface area contributed by atoms with E-state index in [1.165, 1.54) is 0 Å². The Morgan fingerprint density at radius 1 is 1.42 bits per heavy atom. The van der Waals surface area contributed by atoms with E-state index < -0.39 is 0 Å². The minimum atomic E-state index is 0.0529. The fraction of sp³-hybridized carbons (Fsp3) is 0.846. The van der Waals surface area contributed by atoms with Crippen molar-refractivity contribution in [2.75, 3.05) is 26.7 Å². The Hall–Kier alpha value is -1.30. The van der Waals surface area contributed by atoms with E-state index in [9.17, 15) is 4.79 Å². The summed E-state index contributed by atoms with van der Waals surface area (Å²) < 4.78 is 5.52. The Labute approximate surface area is 115 Å². The van der Waals surface area contributed by atoms with Gasteiger partial charge in [-0.1, -0.05) is 0 Å². The SMILES string of the molecule is CN=C(NCCC(=O)NC(C)C)NCC1CCCO1. The maximum absolute atomic E-state index is 11.5. The van der Waals surface area contributed by atoms with Gasteiger partial charge in [0.15, 0.2) is 5.96 Å². The highest BCUT2D eigenvalue weighted by atomic mass is 16.5. The molecule has 0 bridgehead atoms. The first-order chi connectivity index (χ1) is 9.11. The molecule has 1 unspecified atom stereocenters. The molecule has 1 heterocycles. The highest BCUT2D eigenvalue weighted by Gasteiger charge is 2.15. The van der Waals surface area contributed by atoms with Crippen LogP contribution in [0.15, 0.2) is 4.99 Å². The molecule has 6 nitrogen and oxygen atoms in total. The van der Waals surface area contributed by atoms with Gasteiger partial charge in [0.05, 0.1) is 6.10 Å². The van der Waals surface area contributed by atoms with Crippen LogP contribution in [0.5, 0.6) is 0 Å². The molecular weight excluding hydrogens is 244 g/mol. The molecule has 3 N–H and O–H groups in total. The number of guanidine groups is 1. The summed E-state index contributed by atoms with van der Waals surface area (Å²) >= 11 is 0. The number of hydrogen-bond acceptors (Lipinski definition) is 3. The van der Waals surface area contributed by atoms with Crippen LogP contribution in [0.3, 0.4) is 0 Å². The topological polar surface area (TPSA) is 74.8 Å². The molecule has 0 saturated carbocycles. The number of nitrogens with zero attached hydrogens (tertiary/aromatic N) is 1. The molecule has 1 amide bonds. The van der Waals surface area contributed by atoms with Crippen LogP contribution in [-0.4, -0.2) is 50.8 Å². The fourth-order valence-electron chi connectivity index (χ4n) is 1.93. The van der Waals surface area contributed by atoms with Crippen LogP contribution in [0, 0.1) is 0 Å². The third-order valence-corrected chi connectivity index (χ3v) is 2.84. The van der Waals surface area contributed by atoms with Gasteiger partial charge in [0, 0.05) is 39.2 Å². The lowest BCUT2D eigenvalue weighted by molar-refractivity contribution is -0.121. The van der Waals surface area contributed by atoms with Gasteiger partial charge in [-0.25, -0.2) is 0 Å². The van der Waals surface area contributed by atoms with Crippen molar-refractivity contribution in [3.05, 3.63) is 0 Å². The Morgan fingerprint density at radius 2 is 2.21 bits per heavy atom. The first-order valence-electron chi connectivity index (χ1n) is 6.97. The summed E-state index contributed by atoms with van der Waals surface area (Å²) in [6, 6.07) is 0.185. The Kier molecular flexibility index (Phi) is 7.25. The molecule has 1 rings (SSSR count). The lowest BCUT2D eigenvalue weighted by atomic mass is 10.2. The number of aliphatic imine (C=N–C) groups is 1. The van der Waals surface area contributed by atoms with Crippen molar-refractivity contribution in [1.29, 1.82) is 0 Å². The normalized spacial score (nSPS) is 19.6. The zero-order valence-corrected chi connectivity index (χ0v) is 12.2. The van der Waals surface area contributed by atoms with Gasteiger partial charge >= 0.3 is 0 Å². The lowest BCUT2D eigenvalue weighted by Crippen LogP contribution is -2.42. The summed E-state index contributed by atoms with van der Waals surface area (Å²) in [7, 11) is 1.72. The molecule has 1 saturated heterocycles. The maximum atomic E-state index is 11.5. The highest BCUT2D eigenvalue weighted by molar-refractivity contribution is 5.81. The molecule has 0 aromatic carbocycles. The standard InChI is InChI=1S/C13H26N4O2/c1-10(2)17-12(18)6-7-15-13(14-3)16-9-11-5-4-8-19-11/h10-11H,4-9H2,1-3H3,(H,17,18)(H2,14,15,16). The quantitative estimate of drug-likeness (QED) is 0.477. The molecule has 0 aliphatic carbocycles. The van der Waals surface area contributed by atoms with Crippen LogP contribution >= 0.6 is 0 Å². The summed E-state index contributed by atoms with van der Waals surface area (Å²) in [6.45, 7) is 6.09. The van der Waals surface area contributed by atoms with Gasteiger partial charge in [0.25, 0.3) is 0 Å². The van der Waals surface area contributed by atoms with Gasteiger partial charge in [0.2, 0.25) is 5.91 Å². The molecule has 6 heteroatoms. The average molecular weight is 270 g/mol. The van der Waals surface area contributed by atoms with E-state index in [2.05, 4.69) is 20.9 Å². The number of carbonyl (C=O) groups is 1. The van der Waals surface area contributed by atoms with Crippen LogP contribution in [0.4, 0.5) is 0 Å².